The lowest BCUT2D eigenvalue weighted by Gasteiger charge is -2.27. The minimum atomic E-state index is -1.05. The second-order valence-electron chi connectivity index (χ2n) is 5.49. The van der Waals surface area contributed by atoms with Crippen LogP contribution in [-0.2, 0) is 4.79 Å². The largest absolute Gasteiger partial charge is 0.477 e. The number of carboxylic acids is 1. The number of hydrazone groups is 1. The molecule has 2 atom stereocenters. The lowest BCUT2D eigenvalue weighted by atomic mass is 9.91. The Morgan fingerprint density at radius 2 is 1.79 bits per heavy atom. The Bertz CT molecular complexity index is 821. The molecule has 7 heteroatoms. The van der Waals surface area contributed by atoms with Crippen LogP contribution in [0.1, 0.15) is 18.5 Å². The normalized spacial score (nSPS) is 20.2. The van der Waals surface area contributed by atoms with E-state index in [4.69, 9.17) is 34.8 Å². The molecule has 0 fully saturated rings. The molecule has 124 valence electrons. The quantitative estimate of drug-likeness (QED) is 0.784. The first kappa shape index (κ1) is 17.1. The maximum atomic E-state index is 11.5. The molecule has 0 bridgehead atoms. The molecule has 1 N–H and O–H groups in total. The highest BCUT2D eigenvalue weighted by atomic mass is 35.5. The molecule has 0 spiro atoms. The molecular formula is C17H13Cl3N2O2. The van der Waals surface area contributed by atoms with Crippen molar-refractivity contribution in [1.29, 1.82) is 0 Å². The number of carboxylic acid groups (broad SMARTS) is 1. The van der Waals surface area contributed by atoms with E-state index in [1.165, 1.54) is 0 Å². The third kappa shape index (κ3) is 2.97. The Hall–Kier alpha value is -1.75. The fourth-order valence-electron chi connectivity index (χ4n) is 2.83. The number of benzene rings is 2. The van der Waals surface area contributed by atoms with Gasteiger partial charge < -0.3 is 5.11 Å². The summed E-state index contributed by atoms with van der Waals surface area (Å²) in [4.78, 5) is 11.5. The van der Waals surface area contributed by atoms with Crippen molar-refractivity contribution >= 4 is 52.2 Å². The van der Waals surface area contributed by atoms with Crippen LogP contribution in [-0.4, -0.2) is 16.8 Å². The monoisotopic (exact) mass is 382 g/mol. The lowest BCUT2D eigenvalue weighted by Crippen LogP contribution is -2.26. The van der Waals surface area contributed by atoms with Crippen LogP contribution in [0.4, 0.5) is 5.69 Å². The molecule has 2 aromatic carbocycles. The van der Waals surface area contributed by atoms with Crippen molar-refractivity contribution in [2.24, 2.45) is 11.0 Å². The zero-order valence-electron chi connectivity index (χ0n) is 12.6. The minimum Gasteiger partial charge on any atom is -0.477 e. The number of aliphatic carboxylic acids is 1. The van der Waals surface area contributed by atoms with Gasteiger partial charge in [-0.05, 0) is 29.8 Å². The van der Waals surface area contributed by atoms with Crippen LogP contribution in [0.2, 0.25) is 15.1 Å². The topological polar surface area (TPSA) is 52.9 Å². The van der Waals surface area contributed by atoms with Crippen LogP contribution >= 0.6 is 34.8 Å². The van der Waals surface area contributed by atoms with E-state index in [0.29, 0.717) is 20.8 Å². The van der Waals surface area contributed by atoms with Gasteiger partial charge >= 0.3 is 5.97 Å². The SMILES string of the molecule is C[C@H]1C(C(=O)O)=NN(c2cccc(Cl)c2Cl)[C@H]1c1ccc(Cl)cc1. The van der Waals surface area contributed by atoms with Crippen molar-refractivity contribution in [1.82, 2.24) is 0 Å². The molecule has 24 heavy (non-hydrogen) atoms. The van der Waals surface area contributed by atoms with Gasteiger partial charge in [-0.2, -0.15) is 5.10 Å². The van der Waals surface area contributed by atoms with E-state index in [2.05, 4.69) is 5.10 Å². The van der Waals surface area contributed by atoms with Gasteiger partial charge in [0.25, 0.3) is 0 Å². The van der Waals surface area contributed by atoms with Gasteiger partial charge in [0, 0.05) is 10.9 Å². The third-order valence-corrected chi connectivity index (χ3v) is 5.05. The molecule has 0 unspecified atom stereocenters. The molecule has 0 saturated heterocycles. The van der Waals surface area contributed by atoms with Crippen LogP contribution in [0.3, 0.4) is 0 Å². The molecule has 1 aliphatic rings. The molecule has 1 heterocycles. The molecule has 0 saturated carbocycles. The van der Waals surface area contributed by atoms with Gasteiger partial charge in [0.1, 0.15) is 0 Å². The molecule has 0 amide bonds. The van der Waals surface area contributed by atoms with Crippen LogP contribution in [0, 0.1) is 5.92 Å². The predicted octanol–water partition coefficient (Wildman–Crippen LogP) is 5.28. The summed E-state index contributed by atoms with van der Waals surface area (Å²) in [5, 5.41) is 16.7. The summed E-state index contributed by atoms with van der Waals surface area (Å²) in [5.74, 6) is -1.39. The fraction of sp³-hybridized carbons (Fsp3) is 0.176. The molecule has 0 aromatic heterocycles. The Morgan fingerprint density at radius 3 is 2.42 bits per heavy atom. The minimum absolute atomic E-state index is 0.0750. The second-order valence-corrected chi connectivity index (χ2v) is 6.71. The Balaban J connectivity index is 2.13. The molecule has 0 aliphatic carbocycles. The summed E-state index contributed by atoms with van der Waals surface area (Å²) in [6.07, 6.45) is 0. The number of carbonyl (C=O) groups is 1. The molecule has 0 radical (unpaired) electrons. The van der Waals surface area contributed by atoms with Crippen molar-refractivity contribution in [3.8, 4) is 0 Å². The van der Waals surface area contributed by atoms with Gasteiger partial charge in [-0.3, -0.25) is 5.01 Å². The maximum absolute atomic E-state index is 11.5. The van der Waals surface area contributed by atoms with Crippen molar-refractivity contribution in [2.45, 2.75) is 13.0 Å². The zero-order valence-corrected chi connectivity index (χ0v) is 14.8. The van der Waals surface area contributed by atoms with Crippen molar-refractivity contribution in [3.63, 3.8) is 0 Å². The van der Waals surface area contributed by atoms with Crippen molar-refractivity contribution < 1.29 is 9.90 Å². The number of halogens is 3. The predicted molar refractivity (Wildman–Crippen MR) is 97.4 cm³/mol. The first-order chi connectivity index (χ1) is 11.4. The molecule has 4 nitrogen and oxygen atoms in total. The van der Waals surface area contributed by atoms with Gasteiger partial charge in [0.05, 0.1) is 21.8 Å². The van der Waals surface area contributed by atoms with E-state index in [0.717, 1.165) is 5.56 Å². The van der Waals surface area contributed by atoms with Crippen LogP contribution in [0.5, 0.6) is 0 Å². The molecular weight excluding hydrogens is 371 g/mol. The van der Waals surface area contributed by atoms with E-state index in [-0.39, 0.29) is 17.7 Å². The molecule has 3 rings (SSSR count). The number of anilines is 1. The van der Waals surface area contributed by atoms with Gasteiger partial charge in [-0.15, -0.1) is 0 Å². The molecule has 1 aliphatic heterocycles. The fourth-order valence-corrected chi connectivity index (χ4v) is 3.34. The summed E-state index contributed by atoms with van der Waals surface area (Å²) >= 11 is 18.4. The average Bonchev–Trinajstić information content (AvgIpc) is 2.88. The average molecular weight is 384 g/mol. The summed E-state index contributed by atoms with van der Waals surface area (Å²) in [6, 6.07) is 12.1. The van der Waals surface area contributed by atoms with Gasteiger partial charge in [0.15, 0.2) is 5.71 Å². The van der Waals surface area contributed by atoms with Gasteiger partial charge in [0.2, 0.25) is 0 Å². The summed E-state index contributed by atoms with van der Waals surface area (Å²) in [7, 11) is 0. The highest BCUT2D eigenvalue weighted by Gasteiger charge is 2.40. The van der Waals surface area contributed by atoms with E-state index in [1.54, 1.807) is 35.3 Å². The Morgan fingerprint density at radius 1 is 1.12 bits per heavy atom. The summed E-state index contributed by atoms with van der Waals surface area (Å²) < 4.78 is 0. The van der Waals surface area contributed by atoms with Crippen molar-refractivity contribution in [3.05, 3.63) is 63.1 Å². The van der Waals surface area contributed by atoms with Gasteiger partial charge in [-0.25, -0.2) is 4.79 Å². The summed E-state index contributed by atoms with van der Waals surface area (Å²) in [5.41, 5.74) is 1.53. The lowest BCUT2D eigenvalue weighted by molar-refractivity contribution is -0.129. The van der Waals surface area contributed by atoms with Crippen LogP contribution in [0.25, 0.3) is 0 Å². The second kappa shape index (κ2) is 6.63. The Labute approximate surface area is 154 Å². The number of nitrogens with zero attached hydrogens (tertiary/aromatic N) is 2. The van der Waals surface area contributed by atoms with Crippen molar-refractivity contribution in [2.75, 3.05) is 5.01 Å². The maximum Gasteiger partial charge on any atom is 0.352 e. The van der Waals surface area contributed by atoms with E-state index in [9.17, 15) is 9.90 Å². The van der Waals surface area contributed by atoms with E-state index >= 15 is 0 Å². The summed E-state index contributed by atoms with van der Waals surface area (Å²) in [6.45, 7) is 1.82. The van der Waals surface area contributed by atoms with Gasteiger partial charge in [-0.1, -0.05) is 59.9 Å². The van der Waals surface area contributed by atoms with Crippen LogP contribution < -0.4 is 5.01 Å². The van der Waals surface area contributed by atoms with E-state index in [1.807, 2.05) is 19.1 Å². The highest BCUT2D eigenvalue weighted by molar-refractivity contribution is 6.44. The number of rotatable bonds is 3. The third-order valence-electron chi connectivity index (χ3n) is 3.99. The zero-order chi connectivity index (χ0) is 17.4. The first-order valence-electron chi connectivity index (χ1n) is 7.20. The molecule has 2 aromatic rings. The van der Waals surface area contributed by atoms with Crippen LogP contribution in [0.15, 0.2) is 47.6 Å². The highest BCUT2D eigenvalue weighted by Crippen LogP contribution is 2.43. The smallest absolute Gasteiger partial charge is 0.352 e. The number of hydrogen-bond donors (Lipinski definition) is 1. The van der Waals surface area contributed by atoms with E-state index < -0.39 is 5.97 Å². The Kier molecular flexibility index (Phi) is 4.72. The number of hydrogen-bond acceptors (Lipinski definition) is 3. The standard InChI is InChI=1S/C17H13Cl3N2O2/c1-9-15(17(23)24)21-22(13-4-2-3-12(19)14(13)20)16(9)10-5-7-11(18)8-6-10/h2-9,16H,1H3,(H,23,24)/t9-,16+/m0/s1. The first-order valence-corrected chi connectivity index (χ1v) is 8.34.